The number of benzene rings is 1. The number of hydrogen-bond acceptors (Lipinski definition) is 5. The zero-order valence-corrected chi connectivity index (χ0v) is 14.1. The van der Waals surface area contributed by atoms with Gasteiger partial charge in [0.2, 0.25) is 5.91 Å². The van der Waals surface area contributed by atoms with E-state index in [0.29, 0.717) is 17.7 Å². The molecule has 3 amide bonds. The second-order valence-corrected chi connectivity index (χ2v) is 6.04. The highest BCUT2D eigenvalue weighted by molar-refractivity contribution is 6.22. The van der Waals surface area contributed by atoms with Crippen molar-refractivity contribution in [3.63, 3.8) is 0 Å². The van der Waals surface area contributed by atoms with E-state index in [0.717, 1.165) is 10.7 Å². The molecular weight excluding hydrogens is 322 g/mol. The minimum Gasteiger partial charge on any atom is -0.468 e. The number of carbonyl (C=O) groups is 3. The molecule has 0 unspecified atom stereocenters. The molecule has 7 nitrogen and oxygen atoms in total. The lowest BCUT2D eigenvalue weighted by molar-refractivity contribution is -0.121. The van der Waals surface area contributed by atoms with Crippen LogP contribution in [0.15, 0.2) is 47.1 Å². The number of nitrogens with zero attached hydrogens (tertiary/aromatic N) is 2. The lowest BCUT2D eigenvalue weighted by Crippen LogP contribution is -2.42. The van der Waals surface area contributed by atoms with Crippen LogP contribution in [0.4, 0.5) is 0 Å². The van der Waals surface area contributed by atoms with Gasteiger partial charge in [-0.3, -0.25) is 24.2 Å². The van der Waals surface area contributed by atoms with Crippen LogP contribution in [0.25, 0.3) is 0 Å². The van der Waals surface area contributed by atoms with Crippen molar-refractivity contribution in [3.05, 3.63) is 59.5 Å². The second-order valence-electron chi connectivity index (χ2n) is 6.04. The molecule has 0 bridgehead atoms. The average Bonchev–Trinajstić information content (AvgIpc) is 3.19. The summed E-state index contributed by atoms with van der Waals surface area (Å²) in [5.74, 6) is -0.546. The van der Waals surface area contributed by atoms with E-state index in [1.54, 1.807) is 36.6 Å². The van der Waals surface area contributed by atoms with Gasteiger partial charge in [-0.05, 0) is 38.4 Å². The van der Waals surface area contributed by atoms with E-state index in [9.17, 15) is 14.4 Å². The number of imide groups is 1. The lowest BCUT2D eigenvalue weighted by Gasteiger charge is -2.23. The van der Waals surface area contributed by atoms with Gasteiger partial charge < -0.3 is 9.73 Å². The van der Waals surface area contributed by atoms with Crippen molar-refractivity contribution < 1.29 is 18.8 Å². The van der Waals surface area contributed by atoms with Gasteiger partial charge in [0.05, 0.1) is 23.4 Å². The molecule has 2 aromatic rings. The van der Waals surface area contributed by atoms with E-state index in [2.05, 4.69) is 5.32 Å². The highest BCUT2D eigenvalue weighted by atomic mass is 16.3. The van der Waals surface area contributed by atoms with Gasteiger partial charge >= 0.3 is 0 Å². The summed E-state index contributed by atoms with van der Waals surface area (Å²) in [6, 6.07) is 10.0. The SMILES string of the molecule is CN(C)[C@@H](CNC(=O)CN1C(=O)c2ccccc2C1=O)c1ccco1. The highest BCUT2D eigenvalue weighted by Gasteiger charge is 2.36. The molecule has 0 radical (unpaired) electrons. The molecular formula is C18H19N3O4. The first-order valence-corrected chi connectivity index (χ1v) is 7.90. The first-order chi connectivity index (χ1) is 12.0. The molecule has 0 spiro atoms. The molecule has 2 heterocycles. The summed E-state index contributed by atoms with van der Waals surface area (Å²) < 4.78 is 5.39. The van der Waals surface area contributed by atoms with Crippen LogP contribution in [0.2, 0.25) is 0 Å². The van der Waals surface area contributed by atoms with E-state index >= 15 is 0 Å². The van der Waals surface area contributed by atoms with Crippen molar-refractivity contribution in [3.8, 4) is 0 Å². The maximum atomic E-state index is 12.3. The fourth-order valence-corrected chi connectivity index (χ4v) is 2.81. The van der Waals surface area contributed by atoms with Crippen LogP contribution in [0.5, 0.6) is 0 Å². The molecule has 0 saturated carbocycles. The summed E-state index contributed by atoms with van der Waals surface area (Å²) in [6.45, 7) is 0.00711. The van der Waals surface area contributed by atoms with Crippen LogP contribution >= 0.6 is 0 Å². The van der Waals surface area contributed by atoms with E-state index in [-0.39, 0.29) is 12.6 Å². The Labute approximate surface area is 145 Å². The predicted molar refractivity (Wildman–Crippen MR) is 90.0 cm³/mol. The quantitative estimate of drug-likeness (QED) is 0.801. The third-order valence-corrected chi connectivity index (χ3v) is 4.17. The normalized spacial score (nSPS) is 14.8. The predicted octanol–water partition coefficient (Wildman–Crippen LogP) is 1.29. The van der Waals surface area contributed by atoms with Crippen LogP contribution in [-0.4, -0.2) is 54.7 Å². The Balaban J connectivity index is 1.62. The van der Waals surface area contributed by atoms with E-state index in [1.165, 1.54) is 0 Å². The maximum absolute atomic E-state index is 12.3. The summed E-state index contributed by atoms with van der Waals surface area (Å²) >= 11 is 0. The standard InChI is InChI=1S/C18H19N3O4/c1-20(2)14(15-8-5-9-25-15)10-19-16(22)11-21-17(23)12-6-3-4-7-13(12)18(21)24/h3-9,14H,10-11H2,1-2H3,(H,19,22)/t14-/m0/s1. The third-order valence-electron chi connectivity index (χ3n) is 4.17. The monoisotopic (exact) mass is 341 g/mol. The Hall–Kier alpha value is -2.93. The number of hydrogen-bond donors (Lipinski definition) is 1. The molecule has 25 heavy (non-hydrogen) atoms. The Kier molecular flexibility index (Phi) is 4.67. The van der Waals surface area contributed by atoms with Crippen LogP contribution in [0.1, 0.15) is 32.5 Å². The molecule has 1 aliphatic heterocycles. The van der Waals surface area contributed by atoms with Crippen LogP contribution in [0.3, 0.4) is 0 Å². The van der Waals surface area contributed by atoms with Gasteiger partial charge in [-0.25, -0.2) is 0 Å². The van der Waals surface area contributed by atoms with Gasteiger partial charge in [-0.1, -0.05) is 12.1 Å². The van der Waals surface area contributed by atoms with Crippen LogP contribution < -0.4 is 5.32 Å². The summed E-state index contributed by atoms with van der Waals surface area (Å²) in [6.07, 6.45) is 1.58. The van der Waals surface area contributed by atoms with Crippen molar-refractivity contribution in [1.29, 1.82) is 0 Å². The lowest BCUT2D eigenvalue weighted by atomic mass is 10.1. The molecule has 130 valence electrons. The van der Waals surface area contributed by atoms with Gasteiger partial charge in [0.1, 0.15) is 12.3 Å². The summed E-state index contributed by atoms with van der Waals surface area (Å²) in [5.41, 5.74) is 0.670. The number of likely N-dealkylation sites (N-methyl/N-ethyl adjacent to an activating group) is 1. The number of rotatable bonds is 6. The molecule has 0 aliphatic carbocycles. The summed E-state index contributed by atoms with van der Waals surface area (Å²) in [7, 11) is 3.76. The topological polar surface area (TPSA) is 82.9 Å². The zero-order valence-electron chi connectivity index (χ0n) is 14.1. The van der Waals surface area contributed by atoms with Crippen molar-refractivity contribution >= 4 is 17.7 Å². The number of fused-ring (bicyclic) bond motifs is 1. The van der Waals surface area contributed by atoms with Crippen molar-refractivity contribution in [1.82, 2.24) is 15.1 Å². The average molecular weight is 341 g/mol. The maximum Gasteiger partial charge on any atom is 0.262 e. The molecule has 1 aliphatic rings. The fraction of sp³-hybridized carbons (Fsp3) is 0.278. The third kappa shape index (κ3) is 3.32. The number of amides is 3. The molecule has 0 saturated heterocycles. The first-order valence-electron chi connectivity index (χ1n) is 7.90. The van der Waals surface area contributed by atoms with Crippen LogP contribution in [-0.2, 0) is 4.79 Å². The van der Waals surface area contributed by atoms with Gasteiger partial charge in [-0.15, -0.1) is 0 Å². The van der Waals surface area contributed by atoms with E-state index in [1.807, 2.05) is 25.1 Å². The number of carbonyl (C=O) groups excluding carboxylic acids is 3. The van der Waals surface area contributed by atoms with E-state index < -0.39 is 17.7 Å². The number of nitrogens with one attached hydrogen (secondary N) is 1. The minimum atomic E-state index is -0.439. The van der Waals surface area contributed by atoms with Gasteiger partial charge in [0.15, 0.2) is 0 Å². The molecule has 1 aromatic heterocycles. The molecule has 1 aromatic carbocycles. The highest BCUT2D eigenvalue weighted by Crippen LogP contribution is 2.22. The van der Waals surface area contributed by atoms with Gasteiger partial charge in [-0.2, -0.15) is 0 Å². The van der Waals surface area contributed by atoms with Crippen molar-refractivity contribution in [2.24, 2.45) is 0 Å². The van der Waals surface area contributed by atoms with Crippen molar-refractivity contribution in [2.45, 2.75) is 6.04 Å². The largest absolute Gasteiger partial charge is 0.468 e. The Morgan fingerprint density at radius 1 is 1.12 bits per heavy atom. The first kappa shape index (κ1) is 16.9. The van der Waals surface area contributed by atoms with Crippen LogP contribution in [0, 0.1) is 0 Å². The molecule has 0 fully saturated rings. The summed E-state index contributed by atoms with van der Waals surface area (Å²) in [4.78, 5) is 39.7. The smallest absolute Gasteiger partial charge is 0.262 e. The Morgan fingerprint density at radius 3 is 2.28 bits per heavy atom. The second kappa shape index (κ2) is 6.90. The molecule has 1 atom stereocenters. The molecule has 3 rings (SSSR count). The summed E-state index contributed by atoms with van der Waals surface area (Å²) in [5, 5.41) is 2.76. The van der Waals surface area contributed by atoms with Crippen molar-refractivity contribution in [2.75, 3.05) is 27.2 Å². The molecule has 1 N–H and O–H groups in total. The Bertz CT molecular complexity index is 763. The fourth-order valence-electron chi connectivity index (χ4n) is 2.81. The van der Waals surface area contributed by atoms with Gasteiger partial charge in [0.25, 0.3) is 11.8 Å². The minimum absolute atomic E-state index is 0.138. The molecule has 7 heteroatoms. The number of furan rings is 1. The zero-order chi connectivity index (χ0) is 18.0. The Morgan fingerprint density at radius 2 is 1.76 bits per heavy atom. The van der Waals surface area contributed by atoms with E-state index in [4.69, 9.17) is 4.42 Å². The van der Waals surface area contributed by atoms with Gasteiger partial charge in [0, 0.05) is 6.54 Å².